The van der Waals surface area contributed by atoms with Crippen LogP contribution < -0.4 is 5.32 Å². The summed E-state index contributed by atoms with van der Waals surface area (Å²) in [6, 6.07) is 3.09. The highest BCUT2D eigenvalue weighted by Crippen LogP contribution is 2.58. The van der Waals surface area contributed by atoms with Crippen molar-refractivity contribution in [2.45, 2.75) is 44.7 Å². The first-order valence-electron chi connectivity index (χ1n) is 7.16. The van der Waals surface area contributed by atoms with E-state index in [9.17, 15) is 0 Å². The van der Waals surface area contributed by atoms with Crippen molar-refractivity contribution < 1.29 is 0 Å². The van der Waals surface area contributed by atoms with Gasteiger partial charge in [-0.15, -0.1) is 0 Å². The summed E-state index contributed by atoms with van der Waals surface area (Å²) >= 11 is 1.81. The summed E-state index contributed by atoms with van der Waals surface area (Å²) in [4.78, 5) is 0. The Kier molecular flexibility index (Phi) is 2.55. The van der Waals surface area contributed by atoms with E-state index in [1.165, 1.54) is 31.2 Å². The Labute approximate surface area is 108 Å². The molecule has 2 heteroatoms. The Morgan fingerprint density at radius 2 is 2.12 bits per heavy atom. The molecule has 0 spiro atoms. The molecule has 1 heterocycles. The Bertz CT molecular complexity index is 386. The molecule has 0 aromatic carbocycles. The van der Waals surface area contributed by atoms with Crippen molar-refractivity contribution in [3.05, 3.63) is 22.4 Å². The fourth-order valence-corrected chi connectivity index (χ4v) is 5.61. The summed E-state index contributed by atoms with van der Waals surface area (Å²) in [6.45, 7) is 1.09. The Morgan fingerprint density at radius 3 is 3.00 bits per heavy atom. The molecule has 2 bridgehead atoms. The highest BCUT2D eigenvalue weighted by Gasteiger charge is 2.53. The smallest absolute Gasteiger partial charge is 0.0216 e. The largest absolute Gasteiger partial charge is 0.310 e. The lowest BCUT2D eigenvalue weighted by Crippen LogP contribution is -2.38. The number of thiophene rings is 1. The van der Waals surface area contributed by atoms with Gasteiger partial charge in [0.05, 0.1) is 0 Å². The highest BCUT2D eigenvalue weighted by molar-refractivity contribution is 7.07. The summed E-state index contributed by atoms with van der Waals surface area (Å²) in [6.07, 6.45) is 7.59. The van der Waals surface area contributed by atoms with Gasteiger partial charge in [0.1, 0.15) is 0 Å². The molecule has 3 aliphatic rings. The van der Waals surface area contributed by atoms with Crippen LogP contribution in [0.2, 0.25) is 0 Å². The molecule has 0 amide bonds. The maximum Gasteiger partial charge on any atom is 0.0216 e. The van der Waals surface area contributed by atoms with E-state index in [2.05, 4.69) is 22.1 Å². The molecule has 92 valence electrons. The molecule has 3 saturated carbocycles. The minimum atomic E-state index is 0.833. The number of fused-ring (bicyclic) bond motifs is 5. The first-order valence-corrected chi connectivity index (χ1v) is 8.10. The lowest BCUT2D eigenvalue weighted by molar-refractivity contribution is 0.208. The average molecular weight is 247 g/mol. The van der Waals surface area contributed by atoms with Gasteiger partial charge in [-0.25, -0.2) is 0 Å². The maximum absolute atomic E-state index is 3.83. The minimum absolute atomic E-state index is 0.833. The van der Waals surface area contributed by atoms with Gasteiger partial charge in [0.15, 0.2) is 0 Å². The number of rotatable bonds is 3. The van der Waals surface area contributed by atoms with Gasteiger partial charge in [0, 0.05) is 12.6 Å². The van der Waals surface area contributed by atoms with E-state index < -0.39 is 0 Å². The van der Waals surface area contributed by atoms with Crippen molar-refractivity contribution in [3.8, 4) is 0 Å². The average Bonchev–Trinajstić information content (AvgIpc) is 3.08. The highest BCUT2D eigenvalue weighted by atomic mass is 32.1. The molecule has 5 unspecified atom stereocenters. The second-order valence-corrected chi connectivity index (χ2v) is 7.05. The van der Waals surface area contributed by atoms with Gasteiger partial charge < -0.3 is 5.32 Å². The van der Waals surface area contributed by atoms with Crippen LogP contribution in [-0.4, -0.2) is 6.04 Å². The normalized spacial score (nSPS) is 43.2. The van der Waals surface area contributed by atoms with Crippen molar-refractivity contribution in [1.29, 1.82) is 0 Å². The second-order valence-electron chi connectivity index (χ2n) is 6.27. The number of hydrogen-bond acceptors (Lipinski definition) is 2. The third kappa shape index (κ3) is 1.68. The zero-order valence-electron chi connectivity index (χ0n) is 10.3. The van der Waals surface area contributed by atoms with Crippen molar-refractivity contribution in [1.82, 2.24) is 5.32 Å². The Morgan fingerprint density at radius 1 is 1.18 bits per heavy atom. The lowest BCUT2D eigenvalue weighted by atomic mass is 9.79. The van der Waals surface area contributed by atoms with Gasteiger partial charge in [-0.1, -0.05) is 6.42 Å². The topological polar surface area (TPSA) is 12.0 Å². The molecule has 0 radical (unpaired) electrons. The van der Waals surface area contributed by atoms with Crippen LogP contribution in [0.4, 0.5) is 0 Å². The van der Waals surface area contributed by atoms with Crippen LogP contribution in [0.5, 0.6) is 0 Å². The summed E-state index contributed by atoms with van der Waals surface area (Å²) in [5.74, 6) is 4.31. The number of nitrogens with one attached hydrogen (secondary N) is 1. The van der Waals surface area contributed by atoms with Crippen LogP contribution in [0.3, 0.4) is 0 Å². The summed E-state index contributed by atoms with van der Waals surface area (Å²) < 4.78 is 0. The third-order valence-electron chi connectivity index (χ3n) is 5.58. The van der Waals surface area contributed by atoms with E-state index in [1.54, 1.807) is 6.42 Å². The zero-order valence-corrected chi connectivity index (χ0v) is 11.1. The van der Waals surface area contributed by atoms with Crippen LogP contribution in [0.1, 0.15) is 37.7 Å². The predicted octanol–water partition coefficient (Wildman–Crippen LogP) is 3.66. The molecule has 4 rings (SSSR count). The maximum atomic E-state index is 3.83. The second kappa shape index (κ2) is 4.10. The van der Waals surface area contributed by atoms with Crippen molar-refractivity contribution in [2.75, 3.05) is 0 Å². The molecule has 1 nitrogen and oxygen atoms in total. The summed E-state index contributed by atoms with van der Waals surface area (Å²) in [5, 5.41) is 8.30. The SMILES string of the molecule is c1cc(CNC2CC3CC2C2CCCC32)cs1. The molecular weight excluding hydrogens is 226 g/mol. The van der Waals surface area contributed by atoms with Crippen LogP contribution in [0, 0.1) is 23.7 Å². The quantitative estimate of drug-likeness (QED) is 0.859. The van der Waals surface area contributed by atoms with Gasteiger partial charge >= 0.3 is 0 Å². The van der Waals surface area contributed by atoms with Crippen LogP contribution in [0.25, 0.3) is 0 Å². The molecule has 5 atom stereocenters. The van der Waals surface area contributed by atoms with E-state index in [0.717, 1.165) is 36.3 Å². The molecule has 1 aromatic rings. The number of hydrogen-bond donors (Lipinski definition) is 1. The summed E-state index contributed by atoms with van der Waals surface area (Å²) in [7, 11) is 0. The van der Waals surface area contributed by atoms with E-state index in [0.29, 0.717) is 0 Å². The first kappa shape index (κ1) is 10.6. The van der Waals surface area contributed by atoms with Crippen LogP contribution in [-0.2, 0) is 6.54 Å². The molecule has 0 aliphatic heterocycles. The molecular formula is C15H21NS. The standard InChI is InChI=1S/C15H21NS/c1-2-12-11-6-14(13(12)3-1)15(7-11)16-8-10-4-5-17-9-10/h4-5,9,11-16H,1-3,6-8H2. The van der Waals surface area contributed by atoms with Gasteiger partial charge in [-0.05, 0) is 71.7 Å². The van der Waals surface area contributed by atoms with Gasteiger partial charge in [-0.3, -0.25) is 0 Å². The van der Waals surface area contributed by atoms with Crippen molar-refractivity contribution in [3.63, 3.8) is 0 Å². The molecule has 17 heavy (non-hydrogen) atoms. The van der Waals surface area contributed by atoms with Gasteiger partial charge in [0.25, 0.3) is 0 Å². The Balaban J connectivity index is 1.41. The third-order valence-corrected chi connectivity index (χ3v) is 6.31. The van der Waals surface area contributed by atoms with Crippen LogP contribution >= 0.6 is 11.3 Å². The monoisotopic (exact) mass is 247 g/mol. The fraction of sp³-hybridized carbons (Fsp3) is 0.733. The summed E-state index contributed by atoms with van der Waals surface area (Å²) in [5.41, 5.74) is 1.47. The first-order chi connectivity index (χ1) is 8.42. The van der Waals surface area contributed by atoms with Crippen molar-refractivity contribution >= 4 is 11.3 Å². The lowest BCUT2D eigenvalue weighted by Gasteiger charge is -2.32. The Hall–Kier alpha value is -0.340. The zero-order chi connectivity index (χ0) is 11.2. The fourth-order valence-electron chi connectivity index (χ4n) is 4.94. The molecule has 3 fully saturated rings. The minimum Gasteiger partial charge on any atom is -0.310 e. The molecule has 0 saturated heterocycles. The van der Waals surface area contributed by atoms with Crippen LogP contribution in [0.15, 0.2) is 16.8 Å². The predicted molar refractivity (Wildman–Crippen MR) is 72.0 cm³/mol. The molecule has 3 aliphatic carbocycles. The molecule has 1 N–H and O–H groups in total. The van der Waals surface area contributed by atoms with E-state index in [1.807, 2.05) is 11.3 Å². The molecule has 1 aromatic heterocycles. The van der Waals surface area contributed by atoms with Crippen molar-refractivity contribution in [2.24, 2.45) is 23.7 Å². The van der Waals surface area contributed by atoms with E-state index in [4.69, 9.17) is 0 Å². The van der Waals surface area contributed by atoms with Gasteiger partial charge in [-0.2, -0.15) is 11.3 Å². The van der Waals surface area contributed by atoms with E-state index in [-0.39, 0.29) is 0 Å². The van der Waals surface area contributed by atoms with Gasteiger partial charge in [0.2, 0.25) is 0 Å². The van der Waals surface area contributed by atoms with E-state index >= 15 is 0 Å².